The van der Waals surface area contributed by atoms with Crippen molar-refractivity contribution in [2.45, 2.75) is 24.2 Å². The van der Waals surface area contributed by atoms with Crippen LogP contribution in [0.4, 0.5) is 11.6 Å². The molecule has 10 heteroatoms. The van der Waals surface area contributed by atoms with E-state index in [1.807, 2.05) is 41.1 Å². The van der Waals surface area contributed by atoms with Crippen LogP contribution in [0.5, 0.6) is 5.75 Å². The zero-order valence-corrected chi connectivity index (χ0v) is 18.5. The van der Waals surface area contributed by atoms with Gasteiger partial charge in [-0.2, -0.15) is 0 Å². The normalized spacial score (nSPS) is 28.8. The third kappa shape index (κ3) is 2.66. The first kappa shape index (κ1) is 19.7. The Morgan fingerprint density at radius 3 is 2.84 bits per heavy atom. The van der Waals surface area contributed by atoms with Crippen molar-refractivity contribution in [1.82, 2.24) is 19.5 Å². The third-order valence-corrected chi connectivity index (χ3v) is 7.63. The van der Waals surface area contributed by atoms with Gasteiger partial charge in [0.25, 0.3) is 0 Å². The molecule has 2 fully saturated rings. The number of rotatable bonds is 4. The Hall–Kier alpha value is -2.95. The van der Waals surface area contributed by atoms with Crippen molar-refractivity contribution >= 4 is 49.5 Å². The minimum atomic E-state index is -0.927. The van der Waals surface area contributed by atoms with E-state index in [0.717, 1.165) is 27.2 Å². The molecule has 0 saturated heterocycles. The Balaban J connectivity index is 1.26. The number of halogens is 1. The highest BCUT2D eigenvalue weighted by molar-refractivity contribution is 9.10. The SMILES string of the molecule is Nc1nc2cc(OC[C@@H]3[C@@H](O)[C@@H](O)[C@@]4(n5ccc6c(N)ncnc65)C[C@@H]34)ccc2cc1Br. The Bertz CT molecular complexity index is 1380. The predicted octanol–water partition coefficient (Wildman–Crippen LogP) is 2.05. The van der Waals surface area contributed by atoms with Crippen molar-refractivity contribution in [3.05, 3.63) is 47.3 Å². The second kappa shape index (κ2) is 6.77. The van der Waals surface area contributed by atoms with Gasteiger partial charge in [-0.05, 0) is 52.5 Å². The van der Waals surface area contributed by atoms with Crippen LogP contribution in [0.1, 0.15) is 6.42 Å². The van der Waals surface area contributed by atoms with E-state index in [1.165, 1.54) is 6.33 Å². The topological polar surface area (TPSA) is 145 Å². The van der Waals surface area contributed by atoms with Crippen LogP contribution in [0.15, 0.2) is 47.3 Å². The average molecular weight is 497 g/mol. The van der Waals surface area contributed by atoms with E-state index >= 15 is 0 Å². The third-order valence-electron chi connectivity index (χ3n) is 6.99. The van der Waals surface area contributed by atoms with Crippen molar-refractivity contribution in [2.24, 2.45) is 11.8 Å². The van der Waals surface area contributed by atoms with Crippen LogP contribution in [0.2, 0.25) is 0 Å². The van der Waals surface area contributed by atoms with Crippen molar-refractivity contribution < 1.29 is 14.9 Å². The molecule has 2 aliphatic carbocycles. The lowest BCUT2D eigenvalue weighted by Gasteiger charge is -2.25. The fourth-order valence-corrected chi connectivity index (χ4v) is 5.62. The number of nitrogens with zero attached hydrogens (tertiary/aromatic N) is 4. The van der Waals surface area contributed by atoms with E-state index in [1.54, 1.807) is 0 Å². The summed E-state index contributed by atoms with van der Waals surface area (Å²) < 4.78 is 8.72. The van der Waals surface area contributed by atoms with Crippen molar-refractivity contribution in [3.8, 4) is 5.75 Å². The summed E-state index contributed by atoms with van der Waals surface area (Å²) in [6.45, 7) is 0.276. The molecule has 2 saturated carbocycles. The molecule has 0 radical (unpaired) electrons. The minimum absolute atomic E-state index is 0.0597. The maximum Gasteiger partial charge on any atom is 0.146 e. The number of nitrogens with two attached hydrogens (primary N) is 2. The van der Waals surface area contributed by atoms with Gasteiger partial charge >= 0.3 is 0 Å². The van der Waals surface area contributed by atoms with E-state index in [-0.39, 0.29) is 18.4 Å². The molecule has 0 bridgehead atoms. The Kier molecular flexibility index (Phi) is 4.17. The molecule has 9 nitrogen and oxygen atoms in total. The second-order valence-electron chi connectivity index (χ2n) is 8.60. The van der Waals surface area contributed by atoms with E-state index in [4.69, 9.17) is 16.2 Å². The number of hydrogen-bond donors (Lipinski definition) is 4. The standard InChI is InChI=1S/C22H21BrN6O3/c23-15-5-10-1-2-11(6-16(10)28-20(15)25)32-8-13-14-7-22(14,18(31)17(13)30)29-4-3-12-19(24)26-9-27-21(12)29/h1-6,9,13-14,17-18,30-31H,7-8H2,(H2,25,28)(H2,24,26,27)/t13-,14-,17+,18+,22+/m0/s1. The highest BCUT2D eigenvalue weighted by Crippen LogP contribution is 2.64. The number of hydrogen-bond acceptors (Lipinski definition) is 8. The van der Waals surface area contributed by atoms with E-state index in [9.17, 15) is 10.2 Å². The quantitative estimate of drug-likeness (QED) is 0.335. The Morgan fingerprint density at radius 1 is 1.16 bits per heavy atom. The van der Waals surface area contributed by atoms with Gasteiger partial charge in [0, 0.05) is 23.6 Å². The summed E-state index contributed by atoms with van der Waals surface area (Å²) in [5.74, 6) is 1.28. The number of fused-ring (bicyclic) bond motifs is 3. The monoisotopic (exact) mass is 496 g/mol. The zero-order chi connectivity index (χ0) is 22.2. The van der Waals surface area contributed by atoms with Crippen LogP contribution >= 0.6 is 15.9 Å². The van der Waals surface area contributed by atoms with Gasteiger partial charge in [-0.25, -0.2) is 15.0 Å². The van der Waals surface area contributed by atoms with Crippen LogP contribution in [-0.2, 0) is 5.54 Å². The maximum absolute atomic E-state index is 11.0. The number of pyridine rings is 1. The molecular formula is C22H21BrN6O3. The van der Waals surface area contributed by atoms with E-state index < -0.39 is 17.7 Å². The van der Waals surface area contributed by atoms with Crippen LogP contribution in [-0.4, -0.2) is 48.5 Å². The van der Waals surface area contributed by atoms with Crippen molar-refractivity contribution in [2.75, 3.05) is 18.1 Å². The van der Waals surface area contributed by atoms with E-state index in [2.05, 4.69) is 30.9 Å². The first-order valence-electron chi connectivity index (χ1n) is 10.3. The van der Waals surface area contributed by atoms with Gasteiger partial charge in [0.1, 0.15) is 35.5 Å². The lowest BCUT2D eigenvalue weighted by molar-refractivity contribution is -0.0250. The predicted molar refractivity (Wildman–Crippen MR) is 123 cm³/mol. The van der Waals surface area contributed by atoms with Crippen molar-refractivity contribution in [3.63, 3.8) is 0 Å². The number of aliphatic hydroxyl groups excluding tert-OH is 2. The van der Waals surface area contributed by atoms with Gasteiger partial charge in [0.15, 0.2) is 0 Å². The molecule has 1 aromatic carbocycles. The molecule has 0 amide bonds. The number of nitrogen functional groups attached to an aromatic ring is 2. The highest BCUT2D eigenvalue weighted by Gasteiger charge is 2.72. The van der Waals surface area contributed by atoms with Gasteiger partial charge in [-0.1, -0.05) is 0 Å². The minimum Gasteiger partial charge on any atom is -0.493 e. The van der Waals surface area contributed by atoms with Gasteiger partial charge in [0.2, 0.25) is 0 Å². The average Bonchev–Trinajstić information content (AvgIpc) is 3.28. The summed E-state index contributed by atoms with van der Waals surface area (Å²) in [5.41, 5.74) is 12.7. The summed E-state index contributed by atoms with van der Waals surface area (Å²) >= 11 is 3.39. The molecule has 3 aromatic heterocycles. The van der Waals surface area contributed by atoms with Gasteiger partial charge < -0.3 is 31.0 Å². The Labute approximate surface area is 191 Å². The van der Waals surface area contributed by atoms with E-state index in [0.29, 0.717) is 23.0 Å². The first-order chi connectivity index (χ1) is 15.4. The molecule has 5 atom stereocenters. The van der Waals surface area contributed by atoms with Gasteiger partial charge in [-0.15, -0.1) is 0 Å². The largest absolute Gasteiger partial charge is 0.493 e. The highest BCUT2D eigenvalue weighted by atomic mass is 79.9. The molecule has 3 heterocycles. The summed E-state index contributed by atoms with van der Waals surface area (Å²) in [6.07, 6.45) is 2.18. The van der Waals surface area contributed by atoms with Crippen LogP contribution in [0, 0.1) is 11.8 Å². The Morgan fingerprint density at radius 2 is 2.00 bits per heavy atom. The summed E-state index contributed by atoms with van der Waals surface area (Å²) in [5, 5.41) is 23.5. The molecule has 4 aromatic rings. The molecule has 0 unspecified atom stereocenters. The van der Waals surface area contributed by atoms with Crippen LogP contribution < -0.4 is 16.2 Å². The maximum atomic E-state index is 11.0. The van der Waals surface area contributed by atoms with Crippen molar-refractivity contribution in [1.29, 1.82) is 0 Å². The fourth-order valence-electron chi connectivity index (χ4n) is 5.28. The lowest BCUT2D eigenvalue weighted by Crippen LogP contribution is -2.39. The van der Waals surface area contributed by atoms with Crippen LogP contribution in [0.3, 0.4) is 0 Å². The lowest BCUT2D eigenvalue weighted by atomic mass is 10.0. The summed E-state index contributed by atoms with van der Waals surface area (Å²) in [7, 11) is 0. The van der Waals surface area contributed by atoms with Gasteiger partial charge in [-0.3, -0.25) is 0 Å². The number of anilines is 2. The molecular weight excluding hydrogens is 476 g/mol. The molecule has 164 valence electrons. The fraction of sp³-hybridized carbons (Fsp3) is 0.318. The second-order valence-corrected chi connectivity index (χ2v) is 9.46. The molecule has 0 spiro atoms. The molecule has 6 rings (SSSR count). The summed E-state index contributed by atoms with van der Waals surface area (Å²) in [6, 6.07) is 9.37. The number of aliphatic hydroxyl groups is 2. The molecule has 6 N–H and O–H groups in total. The molecule has 32 heavy (non-hydrogen) atoms. The molecule has 0 aliphatic heterocycles. The summed E-state index contributed by atoms with van der Waals surface area (Å²) in [4.78, 5) is 12.8. The van der Waals surface area contributed by atoms with Crippen LogP contribution in [0.25, 0.3) is 21.9 Å². The molecule has 2 aliphatic rings. The number of aromatic nitrogens is 4. The van der Waals surface area contributed by atoms with Gasteiger partial charge in [0.05, 0.1) is 33.6 Å². The smallest absolute Gasteiger partial charge is 0.146 e. The number of ether oxygens (including phenoxy) is 1. The number of benzene rings is 1. The zero-order valence-electron chi connectivity index (χ0n) is 16.9. The first-order valence-corrected chi connectivity index (χ1v) is 11.1.